The first-order valence-electron chi connectivity index (χ1n) is 6.42. The summed E-state index contributed by atoms with van der Waals surface area (Å²) in [6, 6.07) is 6.73. The van der Waals surface area contributed by atoms with Crippen LogP contribution in [0.3, 0.4) is 0 Å². The fourth-order valence-electron chi connectivity index (χ4n) is 1.74. The molecule has 0 atom stereocenters. The molecule has 3 amide bonds. The average Bonchev–Trinajstić information content (AvgIpc) is 2.41. The van der Waals surface area contributed by atoms with Gasteiger partial charge in [-0.15, -0.1) is 0 Å². The molecule has 1 aromatic carbocycles. The van der Waals surface area contributed by atoms with Crippen LogP contribution >= 0.6 is 0 Å². The molecule has 0 aromatic heterocycles. The van der Waals surface area contributed by atoms with Gasteiger partial charge in [0.2, 0.25) is 0 Å². The summed E-state index contributed by atoms with van der Waals surface area (Å²) in [6.07, 6.45) is 0. The fourth-order valence-corrected chi connectivity index (χ4v) is 1.74. The molecule has 0 aliphatic carbocycles. The van der Waals surface area contributed by atoms with Crippen LogP contribution in [0.5, 0.6) is 0 Å². The van der Waals surface area contributed by atoms with E-state index < -0.39 is 31.1 Å². The van der Waals surface area contributed by atoms with Gasteiger partial charge in [0.25, 0.3) is 5.91 Å². The summed E-state index contributed by atoms with van der Waals surface area (Å²) in [4.78, 5) is 35.2. The smallest absolute Gasteiger partial charge is 0.329 e. The standard InChI is InChI=1S/C14H18N2O5/c1-3-16(11-7-5-4-6-10(11)2)14(20)15-12(17)8-21-9-13(18)19/h4-7H,3,8-9H2,1-2H3,(H,18,19)(H,15,17,20). The Labute approximate surface area is 122 Å². The lowest BCUT2D eigenvalue weighted by molar-refractivity contribution is -0.143. The van der Waals surface area contributed by atoms with Crippen molar-refractivity contribution in [1.82, 2.24) is 5.32 Å². The molecule has 21 heavy (non-hydrogen) atoms. The van der Waals surface area contributed by atoms with Crippen molar-refractivity contribution in [3.63, 3.8) is 0 Å². The maximum atomic E-state index is 12.1. The normalized spacial score (nSPS) is 10.0. The van der Waals surface area contributed by atoms with E-state index in [0.717, 1.165) is 5.56 Å². The van der Waals surface area contributed by atoms with Crippen LogP contribution < -0.4 is 10.2 Å². The second-order valence-corrected chi connectivity index (χ2v) is 4.27. The molecule has 1 aromatic rings. The van der Waals surface area contributed by atoms with Crippen molar-refractivity contribution in [2.45, 2.75) is 13.8 Å². The molecule has 1 rings (SSSR count). The largest absolute Gasteiger partial charge is 0.480 e. The number of anilines is 1. The summed E-state index contributed by atoms with van der Waals surface area (Å²) in [6.45, 7) is 2.97. The second-order valence-electron chi connectivity index (χ2n) is 4.27. The number of para-hydroxylation sites is 1. The summed E-state index contributed by atoms with van der Waals surface area (Å²) in [5.74, 6) is -1.86. The third-order valence-corrected chi connectivity index (χ3v) is 2.67. The lowest BCUT2D eigenvalue weighted by Gasteiger charge is -2.22. The zero-order valence-electron chi connectivity index (χ0n) is 12.0. The summed E-state index contributed by atoms with van der Waals surface area (Å²) in [5, 5.41) is 10.5. The van der Waals surface area contributed by atoms with Gasteiger partial charge in [0.15, 0.2) is 0 Å². The lowest BCUT2D eigenvalue weighted by atomic mass is 10.2. The number of nitrogens with zero attached hydrogens (tertiary/aromatic N) is 1. The van der Waals surface area contributed by atoms with Crippen LogP contribution in [0.1, 0.15) is 12.5 Å². The van der Waals surface area contributed by atoms with Gasteiger partial charge in [-0.25, -0.2) is 9.59 Å². The predicted octanol–water partition coefficient (Wildman–Crippen LogP) is 1.16. The van der Waals surface area contributed by atoms with Gasteiger partial charge in [0.1, 0.15) is 13.2 Å². The van der Waals surface area contributed by atoms with Crippen LogP contribution in [-0.2, 0) is 14.3 Å². The highest BCUT2D eigenvalue weighted by molar-refractivity contribution is 6.03. The molecule has 114 valence electrons. The molecule has 7 heteroatoms. The third-order valence-electron chi connectivity index (χ3n) is 2.67. The number of imide groups is 1. The van der Waals surface area contributed by atoms with E-state index in [4.69, 9.17) is 5.11 Å². The van der Waals surface area contributed by atoms with Crippen LogP contribution in [0.25, 0.3) is 0 Å². The van der Waals surface area contributed by atoms with Crippen molar-refractivity contribution in [3.8, 4) is 0 Å². The number of benzene rings is 1. The number of aryl methyl sites for hydroxylation is 1. The van der Waals surface area contributed by atoms with Crippen molar-refractivity contribution < 1.29 is 24.2 Å². The van der Waals surface area contributed by atoms with E-state index in [2.05, 4.69) is 10.1 Å². The number of carbonyl (C=O) groups excluding carboxylic acids is 2. The Hall–Kier alpha value is -2.41. The predicted molar refractivity (Wildman–Crippen MR) is 76.2 cm³/mol. The molecule has 0 saturated heterocycles. The molecule has 0 bridgehead atoms. The maximum absolute atomic E-state index is 12.1. The van der Waals surface area contributed by atoms with Gasteiger partial charge in [0.05, 0.1) is 0 Å². The van der Waals surface area contributed by atoms with Crippen LogP contribution in [0.15, 0.2) is 24.3 Å². The second kappa shape index (κ2) is 8.01. The molecule has 0 radical (unpaired) electrons. The molecular weight excluding hydrogens is 276 g/mol. The van der Waals surface area contributed by atoms with E-state index in [1.807, 2.05) is 19.1 Å². The average molecular weight is 294 g/mol. The first-order chi connectivity index (χ1) is 9.95. The number of rotatable bonds is 6. The number of amides is 3. The number of aliphatic carboxylic acids is 1. The van der Waals surface area contributed by atoms with E-state index in [9.17, 15) is 14.4 Å². The van der Waals surface area contributed by atoms with Gasteiger partial charge < -0.3 is 9.84 Å². The fraction of sp³-hybridized carbons (Fsp3) is 0.357. The van der Waals surface area contributed by atoms with Crippen LogP contribution in [0, 0.1) is 6.92 Å². The van der Waals surface area contributed by atoms with E-state index in [1.54, 1.807) is 19.1 Å². The Bertz CT molecular complexity index is 530. The van der Waals surface area contributed by atoms with Crippen molar-refractivity contribution in [2.75, 3.05) is 24.7 Å². The van der Waals surface area contributed by atoms with E-state index in [0.29, 0.717) is 12.2 Å². The molecule has 2 N–H and O–H groups in total. The molecule has 0 aliphatic rings. The minimum atomic E-state index is -1.18. The van der Waals surface area contributed by atoms with Gasteiger partial charge >= 0.3 is 12.0 Å². The Morgan fingerprint density at radius 3 is 2.48 bits per heavy atom. The number of nitrogens with one attached hydrogen (secondary N) is 1. The lowest BCUT2D eigenvalue weighted by Crippen LogP contribution is -2.44. The van der Waals surface area contributed by atoms with Gasteiger partial charge in [0, 0.05) is 12.2 Å². The van der Waals surface area contributed by atoms with Gasteiger partial charge in [-0.3, -0.25) is 15.0 Å². The Kier molecular flexibility index (Phi) is 6.35. The van der Waals surface area contributed by atoms with Gasteiger partial charge in [-0.05, 0) is 25.5 Å². The van der Waals surface area contributed by atoms with Crippen LogP contribution in [0.2, 0.25) is 0 Å². The molecule has 0 aliphatic heterocycles. The first-order valence-corrected chi connectivity index (χ1v) is 6.42. The van der Waals surface area contributed by atoms with Crippen molar-refractivity contribution in [1.29, 1.82) is 0 Å². The van der Waals surface area contributed by atoms with Gasteiger partial charge in [-0.2, -0.15) is 0 Å². The Morgan fingerprint density at radius 1 is 1.24 bits per heavy atom. The highest BCUT2D eigenvalue weighted by Crippen LogP contribution is 2.18. The molecule has 0 heterocycles. The van der Waals surface area contributed by atoms with Crippen molar-refractivity contribution >= 4 is 23.6 Å². The van der Waals surface area contributed by atoms with E-state index in [1.165, 1.54) is 4.90 Å². The molecule has 0 unspecified atom stereocenters. The number of carbonyl (C=O) groups is 3. The van der Waals surface area contributed by atoms with Crippen LogP contribution in [-0.4, -0.2) is 42.8 Å². The van der Waals surface area contributed by atoms with Crippen molar-refractivity contribution in [3.05, 3.63) is 29.8 Å². The zero-order valence-corrected chi connectivity index (χ0v) is 12.0. The number of urea groups is 1. The maximum Gasteiger partial charge on any atom is 0.329 e. The molecular formula is C14H18N2O5. The summed E-state index contributed by atoms with van der Waals surface area (Å²) in [5.41, 5.74) is 1.61. The topological polar surface area (TPSA) is 95.9 Å². The Balaban J connectivity index is 2.62. The summed E-state index contributed by atoms with van der Waals surface area (Å²) in [7, 11) is 0. The minimum absolute atomic E-state index is 0.389. The van der Waals surface area contributed by atoms with Crippen LogP contribution in [0.4, 0.5) is 10.5 Å². The molecule has 0 fully saturated rings. The molecule has 0 spiro atoms. The number of hydrogen-bond donors (Lipinski definition) is 2. The monoisotopic (exact) mass is 294 g/mol. The Morgan fingerprint density at radius 2 is 1.90 bits per heavy atom. The van der Waals surface area contributed by atoms with Crippen molar-refractivity contribution in [2.24, 2.45) is 0 Å². The first kappa shape index (κ1) is 16.6. The third kappa shape index (κ3) is 5.23. The zero-order chi connectivity index (χ0) is 15.8. The molecule has 7 nitrogen and oxygen atoms in total. The number of ether oxygens (including phenoxy) is 1. The van der Waals surface area contributed by atoms with E-state index >= 15 is 0 Å². The van der Waals surface area contributed by atoms with Gasteiger partial charge in [-0.1, -0.05) is 18.2 Å². The number of carboxylic acid groups (broad SMARTS) is 1. The summed E-state index contributed by atoms with van der Waals surface area (Å²) < 4.78 is 4.62. The van der Waals surface area contributed by atoms with E-state index in [-0.39, 0.29) is 0 Å². The highest BCUT2D eigenvalue weighted by Gasteiger charge is 2.18. The molecule has 0 saturated carbocycles. The quantitative estimate of drug-likeness (QED) is 0.820. The minimum Gasteiger partial charge on any atom is -0.480 e. The SMILES string of the molecule is CCN(C(=O)NC(=O)COCC(=O)O)c1ccccc1C. The summed E-state index contributed by atoms with van der Waals surface area (Å²) >= 11 is 0. The number of carboxylic acids is 1. The number of hydrogen-bond acceptors (Lipinski definition) is 4. The highest BCUT2D eigenvalue weighted by atomic mass is 16.5.